The van der Waals surface area contributed by atoms with Gasteiger partial charge in [0.1, 0.15) is 5.69 Å². The summed E-state index contributed by atoms with van der Waals surface area (Å²) in [4.78, 5) is 20.0. The number of benzene rings is 1. The minimum atomic E-state index is -4.58. The number of halogens is 4. The summed E-state index contributed by atoms with van der Waals surface area (Å²) in [5, 5.41) is 4.99. The van der Waals surface area contributed by atoms with Gasteiger partial charge in [-0.1, -0.05) is 18.5 Å². The Labute approximate surface area is 147 Å². The first-order valence-corrected chi connectivity index (χ1v) is 7.86. The minimum Gasteiger partial charge on any atom is -0.348 e. The molecule has 0 saturated carbocycles. The predicted octanol–water partition coefficient (Wildman–Crippen LogP) is 4.42. The monoisotopic (exact) mass is 372 g/mol. The van der Waals surface area contributed by atoms with Crippen LogP contribution in [0.4, 0.5) is 24.8 Å². The van der Waals surface area contributed by atoms with Crippen LogP contribution in [0.2, 0.25) is 5.02 Å². The molecule has 0 fully saturated rings. The Balaban J connectivity index is 2.21. The Morgan fingerprint density at radius 1 is 1.32 bits per heavy atom. The number of anilines is 2. The van der Waals surface area contributed by atoms with Crippen molar-refractivity contribution in [1.29, 1.82) is 0 Å². The van der Waals surface area contributed by atoms with Gasteiger partial charge in [0.05, 0.1) is 10.6 Å². The van der Waals surface area contributed by atoms with Gasteiger partial charge in [-0.05, 0) is 37.6 Å². The van der Waals surface area contributed by atoms with Crippen molar-refractivity contribution >= 4 is 29.1 Å². The van der Waals surface area contributed by atoms with Crippen LogP contribution in [0.25, 0.3) is 0 Å². The van der Waals surface area contributed by atoms with E-state index in [9.17, 15) is 18.0 Å². The average molecular weight is 373 g/mol. The second-order valence-electron chi connectivity index (χ2n) is 5.37. The molecule has 2 aromatic rings. The molecule has 9 heteroatoms. The van der Waals surface area contributed by atoms with Crippen LogP contribution in [0.3, 0.4) is 0 Å². The number of rotatable bonds is 5. The van der Waals surface area contributed by atoms with E-state index in [1.807, 2.05) is 13.8 Å². The topological polar surface area (TPSA) is 66.9 Å². The van der Waals surface area contributed by atoms with Crippen LogP contribution < -0.4 is 10.6 Å². The molecule has 1 atom stereocenters. The van der Waals surface area contributed by atoms with Crippen molar-refractivity contribution < 1.29 is 18.0 Å². The Morgan fingerprint density at radius 2 is 2.04 bits per heavy atom. The molecular weight excluding hydrogens is 357 g/mol. The highest BCUT2D eigenvalue weighted by molar-refractivity contribution is 6.31. The molecule has 0 radical (unpaired) electrons. The molecule has 1 aromatic heterocycles. The number of amides is 1. The SMILES string of the molecule is CCC(C)NC(=O)c1ccnc(Nc2ccc(Cl)c(C(F)(F)F)c2)n1. The van der Waals surface area contributed by atoms with E-state index in [0.29, 0.717) is 0 Å². The first kappa shape index (κ1) is 19.0. The maximum atomic E-state index is 12.9. The number of nitrogens with zero attached hydrogens (tertiary/aromatic N) is 2. The summed E-state index contributed by atoms with van der Waals surface area (Å²) in [5.74, 6) is -0.376. The van der Waals surface area contributed by atoms with Crippen LogP contribution in [-0.2, 0) is 6.18 Å². The minimum absolute atomic E-state index is 0.00671. The van der Waals surface area contributed by atoms with Crippen LogP contribution >= 0.6 is 11.6 Å². The van der Waals surface area contributed by atoms with Crippen molar-refractivity contribution in [3.63, 3.8) is 0 Å². The quantitative estimate of drug-likeness (QED) is 0.815. The Bertz CT molecular complexity index is 767. The summed E-state index contributed by atoms with van der Waals surface area (Å²) >= 11 is 5.58. The van der Waals surface area contributed by atoms with Gasteiger partial charge in [-0.25, -0.2) is 9.97 Å². The van der Waals surface area contributed by atoms with Gasteiger partial charge in [-0.3, -0.25) is 4.79 Å². The van der Waals surface area contributed by atoms with Crippen LogP contribution in [0.5, 0.6) is 0 Å². The Kier molecular flexibility index (Phi) is 5.84. The van der Waals surface area contributed by atoms with E-state index < -0.39 is 16.8 Å². The number of aromatic nitrogens is 2. The molecular formula is C16H16ClF3N4O. The van der Waals surface area contributed by atoms with Gasteiger partial charge in [-0.2, -0.15) is 13.2 Å². The lowest BCUT2D eigenvalue weighted by molar-refractivity contribution is -0.137. The fourth-order valence-corrected chi connectivity index (χ4v) is 2.12. The molecule has 25 heavy (non-hydrogen) atoms. The lowest BCUT2D eigenvalue weighted by Gasteiger charge is -2.13. The molecule has 1 heterocycles. The van der Waals surface area contributed by atoms with E-state index in [0.717, 1.165) is 18.6 Å². The molecule has 0 aliphatic rings. The maximum Gasteiger partial charge on any atom is 0.417 e. The molecule has 5 nitrogen and oxygen atoms in total. The second kappa shape index (κ2) is 7.69. The third-order valence-electron chi connectivity index (χ3n) is 3.41. The van der Waals surface area contributed by atoms with Crippen LogP contribution in [0, 0.1) is 0 Å². The molecule has 134 valence electrons. The van der Waals surface area contributed by atoms with E-state index in [1.54, 1.807) is 0 Å². The van der Waals surface area contributed by atoms with Crippen LogP contribution in [-0.4, -0.2) is 21.9 Å². The van der Waals surface area contributed by atoms with E-state index in [4.69, 9.17) is 11.6 Å². The molecule has 0 aliphatic carbocycles. The highest BCUT2D eigenvalue weighted by Gasteiger charge is 2.33. The van der Waals surface area contributed by atoms with Gasteiger partial charge < -0.3 is 10.6 Å². The van der Waals surface area contributed by atoms with Crippen molar-refractivity contribution in [2.45, 2.75) is 32.5 Å². The van der Waals surface area contributed by atoms with Gasteiger partial charge in [0.2, 0.25) is 5.95 Å². The highest BCUT2D eigenvalue weighted by Crippen LogP contribution is 2.36. The zero-order chi connectivity index (χ0) is 18.6. The molecule has 2 rings (SSSR count). The number of carbonyl (C=O) groups is 1. The van der Waals surface area contributed by atoms with Crippen molar-refractivity contribution in [3.8, 4) is 0 Å². The molecule has 1 aromatic carbocycles. The summed E-state index contributed by atoms with van der Waals surface area (Å²) in [6.45, 7) is 3.78. The summed E-state index contributed by atoms with van der Waals surface area (Å²) in [7, 11) is 0. The van der Waals surface area contributed by atoms with Gasteiger partial charge >= 0.3 is 6.18 Å². The van der Waals surface area contributed by atoms with Crippen LogP contribution in [0.15, 0.2) is 30.5 Å². The first-order chi connectivity index (χ1) is 11.7. The number of hydrogen-bond donors (Lipinski definition) is 2. The molecule has 0 aliphatic heterocycles. The summed E-state index contributed by atoms with van der Waals surface area (Å²) in [6, 6.07) is 4.76. The van der Waals surface area contributed by atoms with Crippen molar-refractivity contribution in [2.24, 2.45) is 0 Å². The van der Waals surface area contributed by atoms with Crippen molar-refractivity contribution in [3.05, 3.63) is 46.7 Å². The lowest BCUT2D eigenvalue weighted by Crippen LogP contribution is -2.32. The summed E-state index contributed by atoms with van der Waals surface area (Å²) in [5.41, 5.74) is -0.746. The average Bonchev–Trinajstić information content (AvgIpc) is 2.55. The largest absolute Gasteiger partial charge is 0.417 e. The number of nitrogens with one attached hydrogen (secondary N) is 2. The summed E-state index contributed by atoms with van der Waals surface area (Å²) < 4.78 is 38.7. The third kappa shape index (κ3) is 5.06. The zero-order valence-electron chi connectivity index (χ0n) is 13.5. The zero-order valence-corrected chi connectivity index (χ0v) is 14.2. The Morgan fingerprint density at radius 3 is 2.68 bits per heavy atom. The van der Waals surface area contributed by atoms with Crippen LogP contribution in [0.1, 0.15) is 36.3 Å². The molecule has 0 saturated heterocycles. The fraction of sp³-hybridized carbons (Fsp3) is 0.312. The maximum absolute atomic E-state index is 12.9. The first-order valence-electron chi connectivity index (χ1n) is 7.48. The summed E-state index contributed by atoms with van der Waals surface area (Å²) in [6.07, 6.45) is -2.47. The van der Waals surface area contributed by atoms with Crippen molar-refractivity contribution in [2.75, 3.05) is 5.32 Å². The lowest BCUT2D eigenvalue weighted by atomic mass is 10.2. The number of alkyl halides is 3. The normalized spacial score (nSPS) is 12.6. The number of carbonyl (C=O) groups excluding carboxylic acids is 1. The Hall–Kier alpha value is -2.35. The smallest absolute Gasteiger partial charge is 0.348 e. The van der Waals surface area contributed by atoms with E-state index >= 15 is 0 Å². The molecule has 0 bridgehead atoms. The number of hydrogen-bond acceptors (Lipinski definition) is 4. The highest BCUT2D eigenvalue weighted by atomic mass is 35.5. The fourth-order valence-electron chi connectivity index (χ4n) is 1.89. The van der Waals surface area contributed by atoms with Gasteiger partial charge in [0.25, 0.3) is 5.91 Å². The standard InChI is InChI=1S/C16H16ClF3N4O/c1-3-9(2)22-14(25)13-6-7-21-15(24-13)23-10-4-5-12(17)11(8-10)16(18,19)20/h4-9H,3H2,1-2H3,(H,22,25)(H,21,23,24). The van der Waals surface area contributed by atoms with Gasteiger partial charge in [0, 0.05) is 17.9 Å². The van der Waals surface area contributed by atoms with Gasteiger partial charge in [-0.15, -0.1) is 0 Å². The van der Waals surface area contributed by atoms with Crippen molar-refractivity contribution in [1.82, 2.24) is 15.3 Å². The predicted molar refractivity (Wildman–Crippen MR) is 89.0 cm³/mol. The van der Waals surface area contributed by atoms with E-state index in [-0.39, 0.29) is 29.3 Å². The molecule has 1 amide bonds. The van der Waals surface area contributed by atoms with E-state index in [2.05, 4.69) is 20.6 Å². The van der Waals surface area contributed by atoms with E-state index in [1.165, 1.54) is 18.3 Å². The molecule has 0 spiro atoms. The third-order valence-corrected chi connectivity index (χ3v) is 3.74. The molecule has 1 unspecified atom stereocenters. The van der Waals surface area contributed by atoms with Gasteiger partial charge in [0.15, 0.2) is 0 Å². The second-order valence-corrected chi connectivity index (χ2v) is 5.77. The molecule has 2 N–H and O–H groups in total.